The van der Waals surface area contributed by atoms with Crippen molar-refractivity contribution >= 4 is 0 Å². The highest BCUT2D eigenvalue weighted by molar-refractivity contribution is 4.42. The number of nitrogens with zero attached hydrogens (tertiary/aromatic N) is 1. The van der Waals surface area contributed by atoms with Gasteiger partial charge in [-0.3, -0.25) is 0 Å². The molecular weight excluding hydrogens is 222 g/mol. The van der Waals surface area contributed by atoms with Crippen molar-refractivity contribution in [3.8, 4) is 0 Å². The summed E-state index contributed by atoms with van der Waals surface area (Å²) in [5.41, 5.74) is 0. The molecule has 5 heteroatoms. The minimum absolute atomic E-state index is 0.194. The van der Waals surface area contributed by atoms with Gasteiger partial charge in [-0.15, -0.1) is 0 Å². The van der Waals surface area contributed by atoms with E-state index in [0.29, 0.717) is 19.6 Å². The number of ether oxygens (including phenoxy) is 3. The second kappa shape index (κ2) is 10.9. The van der Waals surface area contributed by atoms with Crippen molar-refractivity contribution < 1.29 is 23.8 Å². The van der Waals surface area contributed by atoms with Gasteiger partial charge in [-0.25, -0.2) is 0 Å². The van der Waals surface area contributed by atoms with E-state index in [1.165, 1.54) is 0 Å². The van der Waals surface area contributed by atoms with Gasteiger partial charge in [-0.05, 0) is 6.42 Å². The molecule has 5 nitrogen and oxygen atoms in total. The van der Waals surface area contributed by atoms with E-state index in [0.717, 1.165) is 37.3 Å². The first-order valence-corrected chi connectivity index (χ1v) is 6.18. The number of hydrogen-bond acceptors (Lipinski definition) is 4. The zero-order valence-corrected chi connectivity index (χ0v) is 11.5. The average molecular weight is 250 g/mol. The van der Waals surface area contributed by atoms with E-state index < -0.39 is 0 Å². The van der Waals surface area contributed by atoms with Crippen LogP contribution in [0.15, 0.2) is 0 Å². The molecule has 0 saturated heterocycles. The van der Waals surface area contributed by atoms with Crippen LogP contribution in [-0.2, 0) is 14.2 Å². The lowest BCUT2D eigenvalue weighted by Gasteiger charge is -2.34. The van der Waals surface area contributed by atoms with Crippen LogP contribution in [0.4, 0.5) is 0 Å². The highest BCUT2D eigenvalue weighted by Gasteiger charge is 2.20. The Morgan fingerprint density at radius 3 is 1.88 bits per heavy atom. The summed E-state index contributed by atoms with van der Waals surface area (Å²) in [6.45, 7) is 5.90. The maximum Gasteiger partial charge on any atom is 0.102 e. The third-order valence-corrected chi connectivity index (χ3v) is 2.89. The molecule has 0 amide bonds. The molecular formula is C12H28NO4+. The highest BCUT2D eigenvalue weighted by atomic mass is 16.5. The van der Waals surface area contributed by atoms with Gasteiger partial charge in [0.1, 0.15) is 19.6 Å². The minimum atomic E-state index is 0.194. The van der Waals surface area contributed by atoms with Crippen molar-refractivity contribution in [2.24, 2.45) is 0 Å². The van der Waals surface area contributed by atoms with Gasteiger partial charge in [0.2, 0.25) is 0 Å². The number of aliphatic hydroxyl groups excluding tert-OH is 1. The molecule has 0 aromatic heterocycles. The lowest BCUT2D eigenvalue weighted by Crippen LogP contribution is -2.50. The lowest BCUT2D eigenvalue weighted by atomic mass is 10.3. The van der Waals surface area contributed by atoms with Crippen molar-refractivity contribution in [2.45, 2.75) is 6.42 Å². The summed E-state index contributed by atoms with van der Waals surface area (Å²) in [6.07, 6.45) is 0.708. The van der Waals surface area contributed by atoms with Crippen LogP contribution in [0.25, 0.3) is 0 Å². The molecule has 0 heterocycles. The second-order valence-corrected chi connectivity index (χ2v) is 4.47. The van der Waals surface area contributed by atoms with Crippen LogP contribution in [0.1, 0.15) is 6.42 Å². The molecule has 0 unspecified atom stereocenters. The van der Waals surface area contributed by atoms with Crippen molar-refractivity contribution in [2.75, 3.05) is 73.9 Å². The molecule has 0 atom stereocenters. The molecule has 0 aliphatic carbocycles. The molecule has 0 aromatic rings. The van der Waals surface area contributed by atoms with Crippen molar-refractivity contribution in [1.29, 1.82) is 0 Å². The van der Waals surface area contributed by atoms with Crippen LogP contribution < -0.4 is 0 Å². The molecule has 0 aliphatic rings. The van der Waals surface area contributed by atoms with E-state index in [4.69, 9.17) is 19.3 Å². The quantitative estimate of drug-likeness (QED) is 0.395. The Morgan fingerprint density at radius 2 is 1.41 bits per heavy atom. The third-order valence-electron chi connectivity index (χ3n) is 2.89. The number of quaternary nitrogens is 1. The Hall–Kier alpha value is -0.200. The zero-order valence-electron chi connectivity index (χ0n) is 11.5. The maximum absolute atomic E-state index is 8.64. The van der Waals surface area contributed by atoms with Gasteiger partial charge >= 0.3 is 0 Å². The van der Waals surface area contributed by atoms with Crippen LogP contribution in [-0.4, -0.2) is 83.5 Å². The van der Waals surface area contributed by atoms with E-state index in [1.54, 1.807) is 14.2 Å². The van der Waals surface area contributed by atoms with Gasteiger partial charge in [0.25, 0.3) is 0 Å². The standard InChI is InChI=1S/C12H28NO4/c1-13(5-10-15-2,6-11-16-3)7-12-17-9-4-8-14/h14H,4-12H2,1-3H3/q+1. The van der Waals surface area contributed by atoms with Gasteiger partial charge in [0.05, 0.1) is 26.9 Å². The maximum atomic E-state index is 8.64. The molecule has 17 heavy (non-hydrogen) atoms. The Labute approximate surface area is 105 Å². The zero-order chi connectivity index (χ0) is 13.0. The summed E-state index contributed by atoms with van der Waals surface area (Å²) in [6, 6.07) is 0. The van der Waals surface area contributed by atoms with Gasteiger partial charge in [-0.2, -0.15) is 0 Å². The molecule has 0 fully saturated rings. The first-order chi connectivity index (χ1) is 8.18. The van der Waals surface area contributed by atoms with Crippen LogP contribution in [0.5, 0.6) is 0 Å². The SMILES string of the molecule is COCC[N+](C)(CCOC)CCOCCCO. The molecule has 0 aromatic carbocycles. The fourth-order valence-electron chi connectivity index (χ4n) is 1.51. The number of likely N-dealkylation sites (N-methyl/N-ethyl adjacent to an activating group) is 1. The molecule has 0 saturated carbocycles. The molecule has 0 radical (unpaired) electrons. The summed E-state index contributed by atoms with van der Waals surface area (Å²) in [5.74, 6) is 0. The normalized spacial score (nSPS) is 12.0. The van der Waals surface area contributed by atoms with E-state index in [2.05, 4.69) is 7.05 Å². The topological polar surface area (TPSA) is 47.9 Å². The highest BCUT2D eigenvalue weighted by Crippen LogP contribution is 2.02. The predicted molar refractivity (Wildman–Crippen MR) is 67.1 cm³/mol. The number of methoxy groups -OCH3 is 2. The summed E-state index contributed by atoms with van der Waals surface area (Å²) >= 11 is 0. The summed E-state index contributed by atoms with van der Waals surface area (Å²) < 4.78 is 16.6. The summed E-state index contributed by atoms with van der Waals surface area (Å²) in [4.78, 5) is 0. The minimum Gasteiger partial charge on any atom is -0.396 e. The van der Waals surface area contributed by atoms with Gasteiger partial charge in [-0.1, -0.05) is 0 Å². The molecule has 1 N–H and O–H groups in total. The van der Waals surface area contributed by atoms with E-state index >= 15 is 0 Å². The lowest BCUT2D eigenvalue weighted by molar-refractivity contribution is -0.910. The van der Waals surface area contributed by atoms with E-state index in [-0.39, 0.29) is 6.61 Å². The first-order valence-electron chi connectivity index (χ1n) is 6.18. The van der Waals surface area contributed by atoms with Crippen molar-refractivity contribution in [1.82, 2.24) is 0 Å². The van der Waals surface area contributed by atoms with Crippen molar-refractivity contribution in [3.05, 3.63) is 0 Å². The number of hydrogen-bond donors (Lipinski definition) is 1. The van der Waals surface area contributed by atoms with Gasteiger partial charge in [0, 0.05) is 27.4 Å². The smallest absolute Gasteiger partial charge is 0.102 e. The Balaban J connectivity index is 3.82. The van der Waals surface area contributed by atoms with Gasteiger partial charge in [0.15, 0.2) is 0 Å². The van der Waals surface area contributed by atoms with E-state index in [1.807, 2.05) is 0 Å². The molecule has 0 aliphatic heterocycles. The van der Waals surface area contributed by atoms with Crippen LogP contribution in [0.2, 0.25) is 0 Å². The number of rotatable bonds is 12. The average Bonchev–Trinajstić information content (AvgIpc) is 2.34. The Kier molecular flexibility index (Phi) is 10.8. The van der Waals surface area contributed by atoms with Gasteiger partial charge < -0.3 is 23.8 Å². The predicted octanol–water partition coefficient (Wildman–Crippen LogP) is 0.125. The second-order valence-electron chi connectivity index (χ2n) is 4.47. The Bertz CT molecular complexity index is 159. The Morgan fingerprint density at radius 1 is 0.882 bits per heavy atom. The van der Waals surface area contributed by atoms with Crippen molar-refractivity contribution in [3.63, 3.8) is 0 Å². The third kappa shape index (κ3) is 9.50. The fraction of sp³-hybridized carbons (Fsp3) is 1.00. The molecule has 0 spiro atoms. The molecule has 104 valence electrons. The largest absolute Gasteiger partial charge is 0.396 e. The number of aliphatic hydroxyl groups is 1. The van der Waals surface area contributed by atoms with Crippen LogP contribution >= 0.6 is 0 Å². The monoisotopic (exact) mass is 250 g/mol. The molecule has 0 bridgehead atoms. The van der Waals surface area contributed by atoms with Crippen LogP contribution in [0, 0.1) is 0 Å². The van der Waals surface area contributed by atoms with E-state index in [9.17, 15) is 0 Å². The first kappa shape index (κ1) is 16.8. The summed E-state index contributed by atoms with van der Waals surface area (Å²) in [7, 11) is 5.63. The molecule has 0 rings (SSSR count). The fourth-order valence-corrected chi connectivity index (χ4v) is 1.51. The van der Waals surface area contributed by atoms with Crippen LogP contribution in [0.3, 0.4) is 0 Å². The summed E-state index contributed by atoms with van der Waals surface area (Å²) in [5, 5.41) is 8.64.